The van der Waals surface area contributed by atoms with Crippen LogP contribution < -0.4 is 11.0 Å². The van der Waals surface area contributed by atoms with Crippen molar-refractivity contribution >= 4 is 16.9 Å². The first kappa shape index (κ1) is 12.2. The van der Waals surface area contributed by atoms with Crippen molar-refractivity contribution in [3.63, 3.8) is 0 Å². The summed E-state index contributed by atoms with van der Waals surface area (Å²) in [5.41, 5.74) is 2.40. The lowest BCUT2D eigenvalue weighted by Gasteiger charge is -2.05. The topological polar surface area (TPSA) is 91.0 Å². The van der Waals surface area contributed by atoms with Crippen LogP contribution in [0.2, 0.25) is 0 Å². The van der Waals surface area contributed by atoms with Crippen LogP contribution in [0, 0.1) is 0 Å². The number of hydrogen-bond donors (Lipinski definition) is 1. The fourth-order valence-corrected chi connectivity index (χ4v) is 1.52. The van der Waals surface area contributed by atoms with Gasteiger partial charge in [-0.3, -0.25) is 23.7 Å². The lowest BCUT2D eigenvalue weighted by Crippen LogP contribution is -2.32. The third kappa shape index (κ3) is 2.23. The molecule has 2 heterocycles. The van der Waals surface area contributed by atoms with Crippen LogP contribution in [0.15, 0.2) is 17.3 Å². The van der Waals surface area contributed by atoms with Gasteiger partial charge < -0.3 is 0 Å². The van der Waals surface area contributed by atoms with Gasteiger partial charge in [-0.2, -0.15) is 5.10 Å². The third-order valence-electron chi connectivity index (χ3n) is 2.36. The van der Waals surface area contributed by atoms with Crippen LogP contribution in [0.25, 0.3) is 11.0 Å². The van der Waals surface area contributed by atoms with Gasteiger partial charge in [0.2, 0.25) is 0 Å². The van der Waals surface area contributed by atoms with Gasteiger partial charge in [0.15, 0.2) is 5.65 Å². The molecule has 0 aliphatic carbocycles. The van der Waals surface area contributed by atoms with Gasteiger partial charge in [-0.05, 0) is 6.92 Å². The molecular formula is C10H13N5O3. The second kappa shape index (κ2) is 4.96. The maximum absolute atomic E-state index is 12.0. The molecule has 8 nitrogen and oxygen atoms in total. The molecule has 0 spiro atoms. The number of hydrogen-bond acceptors (Lipinski definition) is 5. The molecule has 2 aromatic rings. The van der Waals surface area contributed by atoms with E-state index in [1.54, 1.807) is 14.0 Å². The molecule has 0 radical (unpaired) electrons. The lowest BCUT2D eigenvalue weighted by atomic mass is 10.4. The van der Waals surface area contributed by atoms with E-state index in [4.69, 9.17) is 4.84 Å². The largest absolute Gasteiger partial charge is 0.289 e. The SMILES string of the molecule is CCONC(=O)Cn1cnc2c(cnn2C)c1=O. The monoisotopic (exact) mass is 251 g/mol. The standard InChI is InChI=1S/C10H13N5O3/c1-3-18-13-8(16)5-15-6-11-9-7(10(15)17)4-12-14(9)2/h4,6H,3,5H2,1-2H3,(H,13,16). The molecule has 2 rings (SSSR count). The highest BCUT2D eigenvalue weighted by atomic mass is 16.6. The van der Waals surface area contributed by atoms with E-state index in [1.165, 1.54) is 21.8 Å². The maximum atomic E-state index is 12.0. The summed E-state index contributed by atoms with van der Waals surface area (Å²) in [6.45, 7) is 1.97. The first-order valence-electron chi connectivity index (χ1n) is 5.41. The molecule has 0 aliphatic rings. The Balaban J connectivity index is 2.27. The predicted molar refractivity (Wildman–Crippen MR) is 62.5 cm³/mol. The summed E-state index contributed by atoms with van der Waals surface area (Å²) in [6, 6.07) is 0. The van der Waals surface area contributed by atoms with Crippen LogP contribution in [-0.4, -0.2) is 31.8 Å². The zero-order chi connectivity index (χ0) is 13.1. The Bertz CT molecular complexity index is 630. The average Bonchev–Trinajstić information content (AvgIpc) is 2.73. The van der Waals surface area contributed by atoms with E-state index in [1.807, 2.05) is 0 Å². The number of carbonyl (C=O) groups is 1. The first-order chi connectivity index (χ1) is 8.63. The van der Waals surface area contributed by atoms with Gasteiger partial charge in [0, 0.05) is 7.05 Å². The normalized spacial score (nSPS) is 10.8. The summed E-state index contributed by atoms with van der Waals surface area (Å²) in [5, 5.41) is 4.32. The number of fused-ring (bicyclic) bond motifs is 1. The van der Waals surface area contributed by atoms with Gasteiger partial charge in [-0.1, -0.05) is 0 Å². The van der Waals surface area contributed by atoms with Crippen molar-refractivity contribution < 1.29 is 9.63 Å². The Morgan fingerprint density at radius 1 is 1.56 bits per heavy atom. The highest BCUT2D eigenvalue weighted by Crippen LogP contribution is 2.02. The molecule has 0 aliphatic heterocycles. The molecule has 96 valence electrons. The van der Waals surface area contributed by atoms with Crippen molar-refractivity contribution in [3.05, 3.63) is 22.9 Å². The minimum atomic E-state index is -0.413. The second-order valence-electron chi connectivity index (χ2n) is 3.64. The third-order valence-corrected chi connectivity index (χ3v) is 2.36. The van der Waals surface area contributed by atoms with E-state index in [0.29, 0.717) is 17.6 Å². The van der Waals surface area contributed by atoms with Gasteiger partial charge in [0.05, 0.1) is 12.8 Å². The summed E-state index contributed by atoms with van der Waals surface area (Å²) in [7, 11) is 1.70. The van der Waals surface area contributed by atoms with Crippen LogP contribution in [-0.2, 0) is 23.2 Å². The number of rotatable bonds is 4. The summed E-state index contributed by atoms with van der Waals surface area (Å²) < 4.78 is 2.71. The molecule has 18 heavy (non-hydrogen) atoms. The molecule has 0 saturated heterocycles. The molecular weight excluding hydrogens is 238 g/mol. The number of aryl methyl sites for hydroxylation is 1. The molecule has 0 bridgehead atoms. The Hall–Kier alpha value is -2.22. The van der Waals surface area contributed by atoms with Gasteiger partial charge in [0.1, 0.15) is 18.3 Å². The number of nitrogens with one attached hydrogen (secondary N) is 1. The predicted octanol–water partition coefficient (Wildman–Crippen LogP) is -0.802. The summed E-state index contributed by atoms with van der Waals surface area (Å²) >= 11 is 0. The number of amides is 1. The number of aromatic nitrogens is 4. The zero-order valence-corrected chi connectivity index (χ0v) is 10.1. The van der Waals surface area contributed by atoms with E-state index in [0.717, 1.165) is 0 Å². The van der Waals surface area contributed by atoms with Gasteiger partial charge in [-0.15, -0.1) is 0 Å². The Morgan fingerprint density at radius 2 is 2.33 bits per heavy atom. The fraction of sp³-hybridized carbons (Fsp3) is 0.400. The van der Waals surface area contributed by atoms with E-state index in [2.05, 4.69) is 15.6 Å². The molecule has 8 heteroatoms. The smallest absolute Gasteiger partial charge is 0.264 e. The molecule has 0 unspecified atom stereocenters. The highest BCUT2D eigenvalue weighted by molar-refractivity contribution is 5.76. The fourth-order valence-electron chi connectivity index (χ4n) is 1.52. The van der Waals surface area contributed by atoms with Gasteiger partial charge in [0.25, 0.3) is 11.5 Å². The quantitative estimate of drug-likeness (QED) is 0.718. The second-order valence-corrected chi connectivity index (χ2v) is 3.64. The minimum Gasteiger partial charge on any atom is -0.289 e. The number of hydroxylamine groups is 1. The van der Waals surface area contributed by atoms with E-state index >= 15 is 0 Å². The maximum Gasteiger partial charge on any atom is 0.264 e. The minimum absolute atomic E-state index is 0.142. The average molecular weight is 251 g/mol. The lowest BCUT2D eigenvalue weighted by molar-refractivity contribution is -0.133. The van der Waals surface area contributed by atoms with E-state index < -0.39 is 5.91 Å². The number of nitrogens with zero attached hydrogens (tertiary/aromatic N) is 4. The van der Waals surface area contributed by atoms with Crippen molar-refractivity contribution in [2.24, 2.45) is 7.05 Å². The first-order valence-corrected chi connectivity index (χ1v) is 5.41. The van der Waals surface area contributed by atoms with Crippen molar-refractivity contribution in [3.8, 4) is 0 Å². The summed E-state index contributed by atoms with van der Waals surface area (Å²) in [6.07, 6.45) is 2.75. The molecule has 0 aromatic carbocycles. The summed E-state index contributed by atoms with van der Waals surface area (Å²) in [5.74, 6) is -0.413. The van der Waals surface area contributed by atoms with E-state index in [9.17, 15) is 9.59 Å². The number of carbonyl (C=O) groups excluding carboxylic acids is 1. The van der Waals surface area contributed by atoms with E-state index in [-0.39, 0.29) is 12.1 Å². The molecule has 0 saturated carbocycles. The van der Waals surface area contributed by atoms with Crippen LogP contribution >= 0.6 is 0 Å². The van der Waals surface area contributed by atoms with Crippen LogP contribution in [0.4, 0.5) is 0 Å². The van der Waals surface area contributed by atoms with Gasteiger partial charge >= 0.3 is 0 Å². The van der Waals surface area contributed by atoms with Crippen molar-refractivity contribution in [2.75, 3.05) is 6.61 Å². The van der Waals surface area contributed by atoms with Crippen LogP contribution in [0.1, 0.15) is 6.92 Å². The van der Waals surface area contributed by atoms with Crippen molar-refractivity contribution in [1.82, 2.24) is 24.8 Å². The van der Waals surface area contributed by atoms with Crippen LogP contribution in [0.5, 0.6) is 0 Å². The molecule has 2 aromatic heterocycles. The Morgan fingerprint density at radius 3 is 3.06 bits per heavy atom. The summed E-state index contributed by atoms with van der Waals surface area (Å²) in [4.78, 5) is 32.2. The molecule has 1 amide bonds. The van der Waals surface area contributed by atoms with Gasteiger partial charge in [-0.25, -0.2) is 10.5 Å². The van der Waals surface area contributed by atoms with Crippen LogP contribution in [0.3, 0.4) is 0 Å². The molecule has 0 fully saturated rings. The Labute approximate surface area is 102 Å². The molecule has 1 N–H and O–H groups in total. The van der Waals surface area contributed by atoms with Crippen molar-refractivity contribution in [2.45, 2.75) is 13.5 Å². The zero-order valence-electron chi connectivity index (χ0n) is 10.1. The van der Waals surface area contributed by atoms with Crippen molar-refractivity contribution in [1.29, 1.82) is 0 Å². The highest BCUT2D eigenvalue weighted by Gasteiger charge is 2.10. The molecule has 0 atom stereocenters. The Kier molecular flexibility index (Phi) is 3.38.